The Bertz CT molecular complexity index is 1170. The van der Waals surface area contributed by atoms with E-state index in [1.165, 1.54) is 0 Å². The molecule has 38 heavy (non-hydrogen) atoms. The van der Waals surface area contributed by atoms with Crippen LogP contribution in [-0.2, 0) is 22.6 Å². The van der Waals surface area contributed by atoms with Gasteiger partial charge in [0.2, 0.25) is 11.8 Å². The highest BCUT2D eigenvalue weighted by Crippen LogP contribution is 2.25. The first-order valence-corrected chi connectivity index (χ1v) is 13.9. The second-order valence-electron chi connectivity index (χ2n) is 9.39. The lowest BCUT2D eigenvalue weighted by Gasteiger charge is -2.32. The number of nitrogens with zero attached hydrogens (tertiary/aromatic N) is 1. The van der Waals surface area contributed by atoms with Crippen molar-refractivity contribution in [2.24, 2.45) is 0 Å². The van der Waals surface area contributed by atoms with Gasteiger partial charge >= 0.3 is 0 Å². The molecule has 0 saturated carbocycles. The molecule has 0 bridgehead atoms. The number of unbranched alkanes of at least 4 members (excludes halogenated alkanes) is 1. The van der Waals surface area contributed by atoms with Crippen molar-refractivity contribution in [3.05, 3.63) is 99.5 Å². The minimum Gasteiger partial charge on any atom is -0.494 e. The van der Waals surface area contributed by atoms with Crippen LogP contribution in [0, 0.1) is 6.92 Å². The highest BCUT2D eigenvalue weighted by atomic mass is 35.5. The van der Waals surface area contributed by atoms with Gasteiger partial charge in [0, 0.05) is 25.9 Å². The molecule has 3 rings (SSSR count). The molecule has 0 aliphatic rings. The van der Waals surface area contributed by atoms with Crippen LogP contribution in [0.15, 0.2) is 72.8 Å². The van der Waals surface area contributed by atoms with Crippen LogP contribution in [0.4, 0.5) is 0 Å². The van der Waals surface area contributed by atoms with Gasteiger partial charge in [0.05, 0.1) is 16.7 Å². The molecule has 2 amide bonds. The van der Waals surface area contributed by atoms with Crippen LogP contribution in [-0.4, -0.2) is 35.9 Å². The van der Waals surface area contributed by atoms with Crippen molar-refractivity contribution < 1.29 is 14.3 Å². The number of aryl methyl sites for hydroxylation is 1. The molecule has 0 aliphatic heterocycles. The molecule has 202 valence electrons. The van der Waals surface area contributed by atoms with E-state index in [0.29, 0.717) is 36.0 Å². The predicted molar refractivity (Wildman–Crippen MR) is 155 cm³/mol. The van der Waals surface area contributed by atoms with Crippen molar-refractivity contribution >= 4 is 35.0 Å². The Kier molecular flexibility index (Phi) is 12.0. The topological polar surface area (TPSA) is 58.6 Å². The zero-order valence-electron chi connectivity index (χ0n) is 22.1. The lowest BCUT2D eigenvalue weighted by Crippen LogP contribution is -2.50. The van der Waals surface area contributed by atoms with E-state index in [2.05, 4.69) is 12.2 Å². The molecule has 0 saturated heterocycles. The molecule has 1 N–H and O–H groups in total. The summed E-state index contributed by atoms with van der Waals surface area (Å²) in [5.74, 6) is 0.495. The average Bonchev–Trinajstić information content (AvgIpc) is 2.92. The SMILES string of the molecule is CCCCNC(=O)[C@@H](Cc1ccccc1)N(Cc1ccc(Cl)c(Cl)c1)C(=O)CCCOc1ccc(C)cc1. The Morgan fingerprint density at radius 2 is 1.66 bits per heavy atom. The van der Waals surface area contributed by atoms with E-state index >= 15 is 0 Å². The molecule has 0 heterocycles. The molecule has 0 radical (unpaired) electrons. The fourth-order valence-corrected chi connectivity index (χ4v) is 4.41. The zero-order chi connectivity index (χ0) is 27.3. The molecule has 0 spiro atoms. The van der Waals surface area contributed by atoms with Gasteiger partial charge in [-0.05, 0) is 55.2 Å². The van der Waals surface area contributed by atoms with Gasteiger partial charge in [0.1, 0.15) is 11.8 Å². The summed E-state index contributed by atoms with van der Waals surface area (Å²) >= 11 is 12.4. The number of rotatable bonds is 14. The lowest BCUT2D eigenvalue weighted by molar-refractivity contribution is -0.141. The number of nitrogens with one attached hydrogen (secondary N) is 1. The number of benzene rings is 3. The summed E-state index contributed by atoms with van der Waals surface area (Å²) in [7, 11) is 0. The van der Waals surface area contributed by atoms with Crippen LogP contribution in [0.1, 0.15) is 49.3 Å². The normalized spacial score (nSPS) is 11.6. The number of hydrogen-bond acceptors (Lipinski definition) is 3. The molecule has 3 aromatic carbocycles. The molecule has 0 unspecified atom stereocenters. The van der Waals surface area contributed by atoms with E-state index in [9.17, 15) is 9.59 Å². The number of ether oxygens (including phenoxy) is 1. The second-order valence-corrected chi connectivity index (χ2v) is 10.2. The van der Waals surface area contributed by atoms with Crippen molar-refractivity contribution in [1.82, 2.24) is 10.2 Å². The van der Waals surface area contributed by atoms with E-state index in [-0.39, 0.29) is 24.8 Å². The quantitative estimate of drug-likeness (QED) is 0.218. The summed E-state index contributed by atoms with van der Waals surface area (Å²) in [6, 6.07) is 22.2. The number of amides is 2. The standard InChI is InChI=1S/C31H36Cl2N2O3/c1-3-4-18-34-31(37)29(21-24-9-6-5-7-10-24)35(22-25-14-17-27(32)28(33)20-25)30(36)11-8-19-38-26-15-12-23(2)13-16-26/h5-7,9-10,12-17,20,29H,3-4,8,11,18-19,21-22H2,1-2H3,(H,34,37)/t29-/m1/s1. The van der Waals surface area contributed by atoms with Crippen molar-refractivity contribution in [2.45, 2.75) is 58.5 Å². The predicted octanol–water partition coefficient (Wildman–Crippen LogP) is 7.02. The molecule has 5 nitrogen and oxygen atoms in total. The van der Waals surface area contributed by atoms with Crippen LogP contribution in [0.3, 0.4) is 0 Å². The van der Waals surface area contributed by atoms with E-state index in [1.807, 2.05) is 67.6 Å². The summed E-state index contributed by atoms with van der Waals surface area (Å²) < 4.78 is 5.83. The van der Waals surface area contributed by atoms with Crippen LogP contribution < -0.4 is 10.1 Å². The summed E-state index contributed by atoms with van der Waals surface area (Å²) in [6.45, 7) is 5.32. The van der Waals surface area contributed by atoms with Crippen molar-refractivity contribution in [2.75, 3.05) is 13.2 Å². The smallest absolute Gasteiger partial charge is 0.243 e. The Balaban J connectivity index is 1.79. The number of carbonyl (C=O) groups excluding carboxylic acids is 2. The van der Waals surface area contributed by atoms with Gasteiger partial charge in [-0.2, -0.15) is 0 Å². The maximum absolute atomic E-state index is 13.7. The van der Waals surface area contributed by atoms with Crippen LogP contribution >= 0.6 is 23.2 Å². The largest absolute Gasteiger partial charge is 0.494 e. The molecule has 0 aromatic heterocycles. The summed E-state index contributed by atoms with van der Waals surface area (Å²) in [5, 5.41) is 3.89. The highest BCUT2D eigenvalue weighted by molar-refractivity contribution is 6.42. The average molecular weight is 556 g/mol. The number of halogens is 2. The summed E-state index contributed by atoms with van der Waals surface area (Å²) in [5.41, 5.74) is 2.95. The molecule has 0 fully saturated rings. The van der Waals surface area contributed by atoms with Gasteiger partial charge in [-0.1, -0.05) is 90.6 Å². The molecule has 7 heteroatoms. The first kappa shape index (κ1) is 29.5. The monoisotopic (exact) mass is 554 g/mol. The van der Waals surface area contributed by atoms with Gasteiger partial charge in [-0.15, -0.1) is 0 Å². The third-order valence-electron chi connectivity index (χ3n) is 6.26. The lowest BCUT2D eigenvalue weighted by atomic mass is 10.0. The Morgan fingerprint density at radius 1 is 0.921 bits per heavy atom. The van der Waals surface area contributed by atoms with E-state index in [4.69, 9.17) is 27.9 Å². The van der Waals surface area contributed by atoms with Crippen LogP contribution in [0.25, 0.3) is 0 Å². The molecule has 3 aromatic rings. The van der Waals surface area contributed by atoms with Crippen molar-refractivity contribution in [1.29, 1.82) is 0 Å². The van der Waals surface area contributed by atoms with E-state index in [0.717, 1.165) is 35.3 Å². The Morgan fingerprint density at radius 3 is 2.34 bits per heavy atom. The third-order valence-corrected chi connectivity index (χ3v) is 7.00. The number of carbonyl (C=O) groups is 2. The minimum absolute atomic E-state index is 0.116. The first-order chi connectivity index (χ1) is 18.4. The fraction of sp³-hybridized carbons (Fsp3) is 0.355. The van der Waals surface area contributed by atoms with Gasteiger partial charge < -0.3 is 15.0 Å². The molecule has 0 aliphatic carbocycles. The van der Waals surface area contributed by atoms with Gasteiger partial charge in [-0.25, -0.2) is 0 Å². The Hall–Kier alpha value is -3.02. The summed E-state index contributed by atoms with van der Waals surface area (Å²) in [6.07, 6.45) is 3.03. The maximum Gasteiger partial charge on any atom is 0.243 e. The van der Waals surface area contributed by atoms with Crippen LogP contribution in [0.2, 0.25) is 10.0 Å². The molecule has 1 atom stereocenters. The first-order valence-electron chi connectivity index (χ1n) is 13.1. The Labute approximate surface area is 236 Å². The van der Waals surface area contributed by atoms with E-state index in [1.54, 1.807) is 17.0 Å². The maximum atomic E-state index is 13.7. The van der Waals surface area contributed by atoms with Gasteiger partial charge in [0.15, 0.2) is 0 Å². The molecular formula is C31H36Cl2N2O3. The van der Waals surface area contributed by atoms with Gasteiger partial charge in [0.25, 0.3) is 0 Å². The van der Waals surface area contributed by atoms with Crippen LogP contribution in [0.5, 0.6) is 5.75 Å². The molecular weight excluding hydrogens is 519 g/mol. The fourth-order valence-electron chi connectivity index (χ4n) is 4.09. The summed E-state index contributed by atoms with van der Waals surface area (Å²) in [4.78, 5) is 28.8. The second kappa shape index (κ2) is 15.4. The zero-order valence-corrected chi connectivity index (χ0v) is 23.6. The van der Waals surface area contributed by atoms with E-state index < -0.39 is 6.04 Å². The van der Waals surface area contributed by atoms with Crippen molar-refractivity contribution in [3.63, 3.8) is 0 Å². The minimum atomic E-state index is -0.672. The third kappa shape index (κ3) is 9.38. The van der Waals surface area contributed by atoms with Crippen molar-refractivity contribution in [3.8, 4) is 5.75 Å². The number of hydrogen-bond donors (Lipinski definition) is 1. The van der Waals surface area contributed by atoms with Gasteiger partial charge in [-0.3, -0.25) is 9.59 Å². The highest BCUT2D eigenvalue weighted by Gasteiger charge is 2.30.